The molecule has 1 aromatic heterocycles. The molecule has 4 heteroatoms. The van der Waals surface area contributed by atoms with Gasteiger partial charge in [0, 0.05) is 0 Å². The fourth-order valence-corrected chi connectivity index (χ4v) is 0.361. The second kappa shape index (κ2) is 5.85. The van der Waals surface area contributed by atoms with Crippen LogP contribution in [0.5, 0.6) is 0 Å². The Labute approximate surface area is 70.8 Å². The van der Waals surface area contributed by atoms with E-state index in [0.717, 1.165) is 5.76 Å². The Morgan fingerprint density at radius 3 is 2.36 bits per heavy atom. The first-order valence-corrected chi connectivity index (χ1v) is 3.38. The third-order valence-corrected chi connectivity index (χ3v) is 1.02. The summed E-state index contributed by atoms with van der Waals surface area (Å²) in [4.78, 5) is 9.45. The molecule has 0 atom stereocenters. The molecule has 1 aromatic rings. The molecule has 0 aliphatic carbocycles. The number of thiol groups is 1. The molecule has 0 aromatic carbocycles. The van der Waals surface area contributed by atoms with Crippen molar-refractivity contribution in [3.63, 3.8) is 0 Å². The van der Waals surface area contributed by atoms with Crippen molar-refractivity contribution >= 4 is 17.9 Å². The predicted octanol–water partition coefficient (Wildman–Crippen LogP) is 2.27. The number of aryl methyl sites for hydroxylation is 1. The minimum atomic E-state index is -0.551. The summed E-state index contributed by atoms with van der Waals surface area (Å²) in [6.07, 6.45) is 1.66. The first kappa shape index (κ1) is 10.1. The van der Waals surface area contributed by atoms with Crippen LogP contribution in [0.15, 0.2) is 22.8 Å². The molecule has 0 radical (unpaired) electrons. The minimum Gasteiger partial charge on any atom is -0.470 e. The van der Waals surface area contributed by atoms with Gasteiger partial charge in [0.25, 0.3) is 0 Å². The molecule has 0 amide bonds. The number of furan rings is 1. The van der Waals surface area contributed by atoms with Gasteiger partial charge < -0.3 is 9.15 Å². The maximum Gasteiger partial charge on any atom is 0.363 e. The van der Waals surface area contributed by atoms with Gasteiger partial charge in [-0.15, -0.1) is 0 Å². The number of hydrogen-bond acceptors (Lipinski definition) is 3. The molecule has 0 unspecified atom stereocenters. The fourth-order valence-electron chi connectivity index (χ4n) is 0.361. The van der Waals surface area contributed by atoms with E-state index in [1.165, 1.54) is 7.11 Å². The molecule has 3 nitrogen and oxygen atoms in total. The summed E-state index contributed by atoms with van der Waals surface area (Å²) in [7, 11) is 1.27. The summed E-state index contributed by atoms with van der Waals surface area (Å²) in [5, 5.41) is -0.551. The minimum absolute atomic E-state index is 0.551. The maximum absolute atomic E-state index is 9.45. The van der Waals surface area contributed by atoms with E-state index < -0.39 is 5.30 Å². The van der Waals surface area contributed by atoms with Crippen molar-refractivity contribution in [2.75, 3.05) is 7.11 Å². The van der Waals surface area contributed by atoms with Crippen LogP contribution in [0, 0.1) is 6.92 Å². The molecule has 1 heterocycles. The summed E-state index contributed by atoms with van der Waals surface area (Å²) in [5.74, 6) is 0.968. The van der Waals surface area contributed by atoms with Crippen LogP contribution in [-0.4, -0.2) is 12.4 Å². The van der Waals surface area contributed by atoms with Crippen LogP contribution in [0.2, 0.25) is 0 Å². The Bertz CT molecular complexity index is 193. The molecule has 0 aliphatic heterocycles. The van der Waals surface area contributed by atoms with E-state index in [0.29, 0.717) is 0 Å². The van der Waals surface area contributed by atoms with Crippen LogP contribution >= 0.6 is 12.6 Å². The molecule has 0 N–H and O–H groups in total. The predicted molar refractivity (Wildman–Crippen MR) is 44.8 cm³/mol. The number of carbonyl (C=O) groups excluding carboxylic acids is 1. The second-order valence-electron chi connectivity index (χ2n) is 1.69. The van der Waals surface area contributed by atoms with Crippen molar-refractivity contribution < 1.29 is 13.9 Å². The molecule has 0 saturated heterocycles. The van der Waals surface area contributed by atoms with E-state index in [9.17, 15) is 4.79 Å². The zero-order valence-corrected chi connectivity index (χ0v) is 7.30. The highest BCUT2D eigenvalue weighted by atomic mass is 32.1. The summed E-state index contributed by atoms with van der Waals surface area (Å²) in [6.45, 7) is 1.92. The van der Waals surface area contributed by atoms with Gasteiger partial charge in [-0.05, 0) is 19.1 Å². The van der Waals surface area contributed by atoms with Gasteiger partial charge in [0.05, 0.1) is 13.4 Å². The van der Waals surface area contributed by atoms with E-state index in [1.807, 2.05) is 19.1 Å². The lowest BCUT2D eigenvalue weighted by Gasteiger charge is -1.79. The molecule has 62 valence electrons. The van der Waals surface area contributed by atoms with Gasteiger partial charge in [-0.2, -0.15) is 0 Å². The van der Waals surface area contributed by atoms with Gasteiger partial charge in [0.2, 0.25) is 0 Å². The number of carbonyl (C=O) groups is 1. The molecular formula is C7H10O3S. The maximum atomic E-state index is 9.45. The molecular weight excluding hydrogens is 164 g/mol. The van der Waals surface area contributed by atoms with Gasteiger partial charge in [0.15, 0.2) is 0 Å². The molecule has 0 spiro atoms. The van der Waals surface area contributed by atoms with E-state index in [4.69, 9.17) is 4.42 Å². The van der Waals surface area contributed by atoms with Crippen molar-refractivity contribution in [1.29, 1.82) is 0 Å². The first-order valence-electron chi connectivity index (χ1n) is 2.94. The number of methoxy groups -OCH3 is 1. The van der Waals surface area contributed by atoms with Gasteiger partial charge in [-0.3, -0.25) is 0 Å². The van der Waals surface area contributed by atoms with Gasteiger partial charge in [-0.1, -0.05) is 12.6 Å². The van der Waals surface area contributed by atoms with Crippen LogP contribution in [0.1, 0.15) is 5.76 Å². The normalized spacial score (nSPS) is 7.91. The summed E-state index contributed by atoms with van der Waals surface area (Å²) in [5.41, 5.74) is 0. The lowest BCUT2D eigenvalue weighted by molar-refractivity contribution is 0.201. The van der Waals surface area contributed by atoms with E-state index >= 15 is 0 Å². The Kier molecular flexibility index (Phi) is 5.37. The van der Waals surface area contributed by atoms with Crippen LogP contribution in [-0.2, 0) is 4.74 Å². The van der Waals surface area contributed by atoms with Crippen molar-refractivity contribution in [3.8, 4) is 0 Å². The Morgan fingerprint density at radius 1 is 1.73 bits per heavy atom. The average Bonchev–Trinajstić information content (AvgIpc) is 2.41. The van der Waals surface area contributed by atoms with Crippen LogP contribution in [0.3, 0.4) is 0 Å². The van der Waals surface area contributed by atoms with Crippen LogP contribution < -0.4 is 0 Å². The van der Waals surface area contributed by atoms with Crippen molar-refractivity contribution in [3.05, 3.63) is 24.2 Å². The molecule has 0 aliphatic rings. The highest BCUT2D eigenvalue weighted by Crippen LogP contribution is 1.93. The molecule has 1 rings (SSSR count). The summed E-state index contributed by atoms with van der Waals surface area (Å²) < 4.78 is 8.81. The third kappa shape index (κ3) is 6.99. The average molecular weight is 174 g/mol. The Hall–Kier alpha value is -0.900. The lowest BCUT2D eigenvalue weighted by atomic mass is 10.5. The lowest BCUT2D eigenvalue weighted by Crippen LogP contribution is -1.80. The quantitative estimate of drug-likeness (QED) is 0.484. The number of ether oxygens (including phenoxy) is 1. The highest BCUT2D eigenvalue weighted by molar-refractivity contribution is 7.96. The molecule has 0 bridgehead atoms. The van der Waals surface area contributed by atoms with Gasteiger partial charge in [-0.25, -0.2) is 4.79 Å². The largest absolute Gasteiger partial charge is 0.470 e. The second-order valence-corrected chi connectivity index (χ2v) is 2.06. The Balaban J connectivity index is 0.000000187. The number of rotatable bonds is 0. The van der Waals surface area contributed by atoms with Crippen molar-refractivity contribution in [2.24, 2.45) is 0 Å². The van der Waals surface area contributed by atoms with Crippen LogP contribution in [0.4, 0.5) is 4.79 Å². The monoisotopic (exact) mass is 174 g/mol. The molecule has 0 saturated carbocycles. The van der Waals surface area contributed by atoms with E-state index in [2.05, 4.69) is 17.4 Å². The smallest absolute Gasteiger partial charge is 0.363 e. The van der Waals surface area contributed by atoms with Gasteiger partial charge in [0.1, 0.15) is 5.76 Å². The highest BCUT2D eigenvalue weighted by Gasteiger charge is 1.77. The van der Waals surface area contributed by atoms with E-state index in [-0.39, 0.29) is 0 Å². The molecule has 11 heavy (non-hydrogen) atoms. The molecule has 0 fully saturated rings. The van der Waals surface area contributed by atoms with Crippen LogP contribution in [0.25, 0.3) is 0 Å². The SMILES string of the molecule is COC(=O)S.Cc1ccco1. The zero-order valence-electron chi connectivity index (χ0n) is 6.40. The van der Waals surface area contributed by atoms with Crippen molar-refractivity contribution in [1.82, 2.24) is 0 Å². The number of hydrogen-bond donors (Lipinski definition) is 1. The topological polar surface area (TPSA) is 39.4 Å². The summed E-state index contributed by atoms with van der Waals surface area (Å²) in [6, 6.07) is 3.79. The third-order valence-electron chi connectivity index (χ3n) is 0.838. The van der Waals surface area contributed by atoms with Gasteiger partial charge >= 0.3 is 5.30 Å². The standard InChI is InChI=1S/C5H6O.C2H4O2S/c1-5-3-2-4-6-5;1-4-2(3)5/h2-4H,1H3;1H3,(H,3,5). The zero-order chi connectivity index (χ0) is 8.69. The Morgan fingerprint density at radius 2 is 2.27 bits per heavy atom. The van der Waals surface area contributed by atoms with E-state index in [1.54, 1.807) is 6.26 Å². The first-order chi connectivity index (χ1) is 5.16. The van der Waals surface area contributed by atoms with Crippen molar-refractivity contribution in [2.45, 2.75) is 6.92 Å². The summed E-state index contributed by atoms with van der Waals surface area (Å²) >= 11 is 3.24. The fraction of sp³-hybridized carbons (Fsp3) is 0.286.